The molecule has 0 heterocycles. The van der Waals surface area contributed by atoms with Gasteiger partial charge < -0.3 is 10.2 Å². The maximum Gasteiger partial charge on any atom is 0.244 e. The van der Waals surface area contributed by atoms with E-state index in [-0.39, 0.29) is 12.5 Å². The number of nitrogens with zero attached hydrogens (tertiary/aromatic N) is 2. The van der Waals surface area contributed by atoms with Crippen molar-refractivity contribution >= 4 is 59.4 Å². The van der Waals surface area contributed by atoms with E-state index in [2.05, 4.69) is 37.2 Å². The molecule has 0 aliphatic carbocycles. The molecule has 2 aromatic rings. The van der Waals surface area contributed by atoms with Crippen LogP contribution in [0.5, 0.6) is 0 Å². The zero-order chi connectivity index (χ0) is 25.0. The fourth-order valence-corrected chi connectivity index (χ4v) is 5.06. The van der Waals surface area contributed by atoms with Gasteiger partial charge in [0.25, 0.3) is 0 Å². The standard InChI is InChI=1S/C23H29Br2N3O4S/c1-16(22(30)26-23(2,3)4)27(14-17-9-8-10-18(24)13-17)21(29)15-28(33(5,31)32)20-12-7-6-11-19(20)25/h6-13,16H,14-15H2,1-5H3,(H,26,30)/t16-/m0/s1. The van der Waals surface area contributed by atoms with Crippen molar-refractivity contribution in [2.75, 3.05) is 17.1 Å². The molecular weight excluding hydrogens is 574 g/mol. The molecule has 2 amide bonds. The lowest BCUT2D eigenvalue weighted by molar-refractivity contribution is -0.140. The van der Waals surface area contributed by atoms with E-state index in [0.29, 0.717) is 10.2 Å². The second kappa shape index (κ2) is 11.0. The zero-order valence-electron chi connectivity index (χ0n) is 19.3. The molecule has 0 saturated carbocycles. The number of nitrogens with one attached hydrogen (secondary N) is 1. The summed E-state index contributed by atoms with van der Waals surface area (Å²) in [5, 5.41) is 2.89. The Kier molecular flexibility index (Phi) is 9.12. The molecule has 33 heavy (non-hydrogen) atoms. The number of carbonyl (C=O) groups excluding carboxylic acids is 2. The minimum atomic E-state index is -3.78. The number of para-hydroxylation sites is 1. The first-order valence-electron chi connectivity index (χ1n) is 10.3. The van der Waals surface area contributed by atoms with Gasteiger partial charge >= 0.3 is 0 Å². The van der Waals surface area contributed by atoms with Crippen LogP contribution in [0.3, 0.4) is 0 Å². The van der Waals surface area contributed by atoms with Gasteiger partial charge in [0.1, 0.15) is 12.6 Å². The Morgan fingerprint density at radius 3 is 2.24 bits per heavy atom. The van der Waals surface area contributed by atoms with Crippen LogP contribution in [0.15, 0.2) is 57.5 Å². The lowest BCUT2D eigenvalue weighted by Crippen LogP contribution is -2.54. The number of rotatable bonds is 8. The molecule has 0 aliphatic rings. The molecule has 0 radical (unpaired) electrons. The van der Waals surface area contributed by atoms with E-state index in [1.807, 2.05) is 45.0 Å². The molecule has 10 heteroatoms. The summed E-state index contributed by atoms with van der Waals surface area (Å²) in [6.45, 7) is 6.91. The third kappa shape index (κ3) is 8.12. The van der Waals surface area contributed by atoms with Crippen LogP contribution in [-0.2, 0) is 26.2 Å². The summed E-state index contributed by atoms with van der Waals surface area (Å²) in [6, 6.07) is 13.4. The molecule has 0 bridgehead atoms. The van der Waals surface area contributed by atoms with Crippen molar-refractivity contribution in [1.29, 1.82) is 0 Å². The van der Waals surface area contributed by atoms with Crippen molar-refractivity contribution < 1.29 is 18.0 Å². The van der Waals surface area contributed by atoms with Crippen molar-refractivity contribution in [3.05, 3.63) is 63.0 Å². The first kappa shape index (κ1) is 27.3. The molecule has 2 rings (SSSR count). The summed E-state index contributed by atoms with van der Waals surface area (Å²) >= 11 is 6.79. The Labute approximate surface area is 212 Å². The Hall–Kier alpha value is -1.91. The molecule has 1 N–H and O–H groups in total. The Morgan fingerprint density at radius 2 is 1.70 bits per heavy atom. The van der Waals surface area contributed by atoms with Crippen molar-refractivity contribution in [3.8, 4) is 0 Å². The predicted molar refractivity (Wildman–Crippen MR) is 138 cm³/mol. The van der Waals surface area contributed by atoms with E-state index < -0.39 is 34.1 Å². The largest absolute Gasteiger partial charge is 0.350 e. The van der Waals surface area contributed by atoms with Gasteiger partial charge in [-0.15, -0.1) is 0 Å². The Balaban J connectivity index is 2.42. The molecule has 7 nitrogen and oxygen atoms in total. The van der Waals surface area contributed by atoms with Crippen molar-refractivity contribution in [1.82, 2.24) is 10.2 Å². The number of hydrogen-bond donors (Lipinski definition) is 1. The van der Waals surface area contributed by atoms with Crippen molar-refractivity contribution in [3.63, 3.8) is 0 Å². The third-order valence-electron chi connectivity index (χ3n) is 4.71. The monoisotopic (exact) mass is 601 g/mol. The van der Waals surface area contributed by atoms with Crippen molar-refractivity contribution in [2.24, 2.45) is 0 Å². The van der Waals surface area contributed by atoms with Gasteiger partial charge in [0.2, 0.25) is 21.8 Å². The summed E-state index contributed by atoms with van der Waals surface area (Å²) in [6.07, 6.45) is 1.05. The van der Waals surface area contributed by atoms with Gasteiger partial charge in [0.05, 0.1) is 11.9 Å². The molecule has 0 fully saturated rings. The smallest absolute Gasteiger partial charge is 0.244 e. The minimum absolute atomic E-state index is 0.143. The predicted octanol–water partition coefficient (Wildman–Crippen LogP) is 4.31. The maximum atomic E-state index is 13.5. The van der Waals surface area contributed by atoms with Crippen molar-refractivity contribution in [2.45, 2.75) is 45.8 Å². The van der Waals surface area contributed by atoms with Gasteiger partial charge in [-0.3, -0.25) is 13.9 Å². The normalized spacial score (nSPS) is 12.7. The number of hydrogen-bond acceptors (Lipinski definition) is 4. The molecule has 0 saturated heterocycles. The minimum Gasteiger partial charge on any atom is -0.350 e. The highest BCUT2D eigenvalue weighted by Crippen LogP contribution is 2.28. The van der Waals surface area contributed by atoms with Crippen LogP contribution >= 0.6 is 31.9 Å². The number of sulfonamides is 1. The van der Waals surface area contributed by atoms with Crippen LogP contribution in [0.2, 0.25) is 0 Å². The average Bonchev–Trinajstić information content (AvgIpc) is 2.68. The maximum absolute atomic E-state index is 13.5. The van der Waals surface area contributed by atoms with Crippen LogP contribution < -0.4 is 9.62 Å². The fraction of sp³-hybridized carbons (Fsp3) is 0.391. The second-order valence-corrected chi connectivity index (χ2v) is 12.5. The van der Waals surface area contributed by atoms with Gasteiger partial charge in [-0.1, -0.05) is 40.2 Å². The van der Waals surface area contributed by atoms with Gasteiger partial charge in [0.15, 0.2) is 0 Å². The Bertz CT molecular complexity index is 1120. The van der Waals surface area contributed by atoms with E-state index in [4.69, 9.17) is 0 Å². The highest BCUT2D eigenvalue weighted by Gasteiger charge is 2.31. The molecule has 0 aliphatic heterocycles. The van der Waals surface area contributed by atoms with Gasteiger partial charge in [-0.25, -0.2) is 8.42 Å². The lowest BCUT2D eigenvalue weighted by atomic mass is 10.1. The number of benzene rings is 2. The average molecular weight is 603 g/mol. The summed E-state index contributed by atoms with van der Waals surface area (Å²) < 4.78 is 27.6. The first-order valence-corrected chi connectivity index (χ1v) is 13.7. The number of carbonyl (C=O) groups is 2. The van der Waals surface area contributed by atoms with Crippen LogP contribution in [0.4, 0.5) is 5.69 Å². The number of halogens is 2. The SMILES string of the molecule is C[C@@H](C(=O)NC(C)(C)C)N(Cc1cccc(Br)c1)C(=O)CN(c1ccccc1Br)S(C)(=O)=O. The van der Waals surface area contributed by atoms with Crippen LogP contribution in [0.25, 0.3) is 0 Å². The third-order valence-corrected chi connectivity index (χ3v) is 7.00. The topological polar surface area (TPSA) is 86.8 Å². The van der Waals surface area contributed by atoms with E-state index >= 15 is 0 Å². The van der Waals surface area contributed by atoms with E-state index in [1.54, 1.807) is 31.2 Å². The summed E-state index contributed by atoms with van der Waals surface area (Å²) in [4.78, 5) is 27.8. The van der Waals surface area contributed by atoms with E-state index in [9.17, 15) is 18.0 Å². The fourth-order valence-electron chi connectivity index (χ4n) is 3.14. The van der Waals surface area contributed by atoms with Crippen LogP contribution in [0.1, 0.15) is 33.3 Å². The zero-order valence-corrected chi connectivity index (χ0v) is 23.3. The van der Waals surface area contributed by atoms with E-state index in [0.717, 1.165) is 20.6 Å². The van der Waals surface area contributed by atoms with Crippen LogP contribution in [-0.4, -0.2) is 49.5 Å². The molecular formula is C23H29Br2N3O4S. The van der Waals surface area contributed by atoms with Gasteiger partial charge in [-0.05, 0) is 73.5 Å². The van der Waals surface area contributed by atoms with Gasteiger partial charge in [0, 0.05) is 21.0 Å². The quantitative estimate of drug-likeness (QED) is 0.488. The van der Waals surface area contributed by atoms with Gasteiger partial charge in [-0.2, -0.15) is 0 Å². The molecule has 1 atom stereocenters. The highest BCUT2D eigenvalue weighted by molar-refractivity contribution is 9.10. The summed E-state index contributed by atoms with van der Waals surface area (Å²) in [5.74, 6) is -0.814. The number of anilines is 1. The molecule has 2 aromatic carbocycles. The molecule has 0 unspecified atom stereocenters. The highest BCUT2D eigenvalue weighted by atomic mass is 79.9. The summed E-state index contributed by atoms with van der Waals surface area (Å²) in [5.41, 5.74) is 0.672. The molecule has 180 valence electrons. The van der Waals surface area contributed by atoms with E-state index in [1.165, 1.54) is 4.90 Å². The van der Waals surface area contributed by atoms with Crippen LogP contribution in [0, 0.1) is 0 Å². The molecule has 0 spiro atoms. The lowest BCUT2D eigenvalue weighted by Gasteiger charge is -2.33. The first-order chi connectivity index (χ1) is 15.2. The Morgan fingerprint density at radius 1 is 1.06 bits per heavy atom. The summed E-state index contributed by atoms with van der Waals surface area (Å²) in [7, 11) is -3.78. The second-order valence-electron chi connectivity index (χ2n) is 8.79. The molecule has 0 aromatic heterocycles. The number of amides is 2.